The average molecular weight is 295 g/mol. The molecule has 4 heteroatoms. The minimum atomic E-state index is 0.353. The smallest absolute Gasteiger partial charge is 0.223 e. The molecule has 0 aliphatic carbocycles. The Morgan fingerprint density at radius 3 is 2.24 bits per heavy atom. The first-order valence-corrected chi connectivity index (χ1v) is 8.71. The van der Waals surface area contributed by atoms with Crippen LogP contribution >= 0.6 is 0 Å². The van der Waals surface area contributed by atoms with E-state index in [2.05, 4.69) is 42.4 Å². The molecule has 21 heavy (non-hydrogen) atoms. The average Bonchev–Trinajstić information content (AvgIpc) is 2.94. The standard InChI is InChI=1S/C17H33N3O/c1-14(2)16-5-7-18(13-16)8-6-17(21)20-11-9-19(10-12-20)15(3)4/h14-16H,5-13H2,1-4H3. The second kappa shape index (κ2) is 7.59. The van der Waals surface area contributed by atoms with Crippen LogP contribution in [-0.2, 0) is 4.79 Å². The topological polar surface area (TPSA) is 26.8 Å². The highest BCUT2D eigenvalue weighted by molar-refractivity contribution is 5.76. The summed E-state index contributed by atoms with van der Waals surface area (Å²) in [4.78, 5) is 19.3. The van der Waals surface area contributed by atoms with E-state index < -0.39 is 0 Å². The molecule has 2 rings (SSSR count). The lowest BCUT2D eigenvalue weighted by Crippen LogP contribution is -2.51. The summed E-state index contributed by atoms with van der Waals surface area (Å²) in [5, 5.41) is 0. The molecule has 0 bridgehead atoms. The molecule has 0 aromatic heterocycles. The fourth-order valence-electron chi connectivity index (χ4n) is 3.51. The molecule has 1 atom stereocenters. The van der Waals surface area contributed by atoms with E-state index in [1.165, 1.54) is 19.5 Å². The van der Waals surface area contributed by atoms with E-state index in [1.807, 2.05) is 0 Å². The van der Waals surface area contributed by atoms with Gasteiger partial charge in [-0.15, -0.1) is 0 Å². The van der Waals surface area contributed by atoms with Gasteiger partial charge in [0.2, 0.25) is 5.91 Å². The quantitative estimate of drug-likeness (QED) is 0.775. The first-order valence-electron chi connectivity index (χ1n) is 8.71. The van der Waals surface area contributed by atoms with Crippen molar-refractivity contribution in [2.45, 2.75) is 46.6 Å². The molecular formula is C17H33N3O. The van der Waals surface area contributed by atoms with Crippen molar-refractivity contribution < 1.29 is 4.79 Å². The van der Waals surface area contributed by atoms with Crippen molar-refractivity contribution in [1.82, 2.24) is 14.7 Å². The molecule has 2 saturated heterocycles. The maximum Gasteiger partial charge on any atom is 0.223 e. The Bertz CT molecular complexity index is 335. The molecule has 2 aliphatic rings. The third-order valence-corrected chi connectivity index (χ3v) is 5.29. The highest BCUT2D eigenvalue weighted by atomic mass is 16.2. The first-order chi connectivity index (χ1) is 9.97. The predicted molar refractivity (Wildman–Crippen MR) is 87.3 cm³/mol. The van der Waals surface area contributed by atoms with Gasteiger partial charge >= 0.3 is 0 Å². The number of hydrogen-bond donors (Lipinski definition) is 0. The van der Waals surface area contributed by atoms with E-state index in [-0.39, 0.29) is 0 Å². The van der Waals surface area contributed by atoms with Crippen LogP contribution in [0.25, 0.3) is 0 Å². The van der Waals surface area contributed by atoms with Gasteiger partial charge in [-0.2, -0.15) is 0 Å². The van der Waals surface area contributed by atoms with E-state index in [4.69, 9.17) is 0 Å². The molecule has 2 fully saturated rings. The van der Waals surface area contributed by atoms with Crippen molar-refractivity contribution in [2.24, 2.45) is 11.8 Å². The zero-order valence-corrected chi connectivity index (χ0v) is 14.3. The van der Waals surface area contributed by atoms with Crippen molar-refractivity contribution in [3.05, 3.63) is 0 Å². The van der Waals surface area contributed by atoms with Gasteiger partial charge in [-0.1, -0.05) is 13.8 Å². The summed E-state index contributed by atoms with van der Waals surface area (Å²) < 4.78 is 0. The van der Waals surface area contributed by atoms with Crippen molar-refractivity contribution in [3.8, 4) is 0 Å². The number of carbonyl (C=O) groups excluding carboxylic acids is 1. The van der Waals surface area contributed by atoms with Crippen LogP contribution in [-0.4, -0.2) is 72.5 Å². The van der Waals surface area contributed by atoms with E-state index in [1.54, 1.807) is 0 Å². The van der Waals surface area contributed by atoms with Crippen LogP contribution in [0.2, 0.25) is 0 Å². The third-order valence-electron chi connectivity index (χ3n) is 5.29. The summed E-state index contributed by atoms with van der Waals surface area (Å²) in [6.07, 6.45) is 2.01. The van der Waals surface area contributed by atoms with Gasteiger partial charge in [-0.3, -0.25) is 9.69 Å². The molecule has 2 aliphatic heterocycles. The number of rotatable bonds is 5. The fraction of sp³-hybridized carbons (Fsp3) is 0.941. The van der Waals surface area contributed by atoms with Crippen LogP contribution in [0.15, 0.2) is 0 Å². The highest BCUT2D eigenvalue weighted by Crippen LogP contribution is 2.23. The van der Waals surface area contributed by atoms with Crippen molar-refractivity contribution in [2.75, 3.05) is 45.8 Å². The Morgan fingerprint density at radius 1 is 1.05 bits per heavy atom. The summed E-state index contributed by atoms with van der Waals surface area (Å²) >= 11 is 0. The molecule has 0 spiro atoms. The summed E-state index contributed by atoms with van der Waals surface area (Å²) in [6.45, 7) is 16.3. The van der Waals surface area contributed by atoms with Gasteiger partial charge in [-0.05, 0) is 38.6 Å². The summed E-state index contributed by atoms with van der Waals surface area (Å²) in [5.74, 6) is 1.95. The lowest BCUT2D eigenvalue weighted by Gasteiger charge is -2.37. The number of carbonyl (C=O) groups is 1. The Morgan fingerprint density at radius 2 is 1.71 bits per heavy atom. The number of nitrogens with zero attached hydrogens (tertiary/aromatic N) is 3. The van der Waals surface area contributed by atoms with E-state index in [0.717, 1.165) is 44.6 Å². The summed E-state index contributed by atoms with van der Waals surface area (Å²) in [5.41, 5.74) is 0. The maximum absolute atomic E-state index is 12.3. The van der Waals surface area contributed by atoms with Gasteiger partial charge in [0.1, 0.15) is 0 Å². The first kappa shape index (κ1) is 16.8. The number of hydrogen-bond acceptors (Lipinski definition) is 3. The van der Waals surface area contributed by atoms with Gasteiger partial charge in [0.15, 0.2) is 0 Å². The second-order valence-electron chi connectivity index (χ2n) is 7.35. The monoisotopic (exact) mass is 295 g/mol. The number of amides is 1. The molecule has 4 nitrogen and oxygen atoms in total. The SMILES string of the molecule is CC(C)C1CCN(CCC(=O)N2CCN(C(C)C)CC2)C1. The molecule has 0 saturated carbocycles. The van der Waals surface area contributed by atoms with Crippen LogP contribution in [0, 0.1) is 11.8 Å². The molecule has 1 unspecified atom stereocenters. The number of likely N-dealkylation sites (tertiary alicyclic amines) is 1. The molecular weight excluding hydrogens is 262 g/mol. The van der Waals surface area contributed by atoms with Crippen molar-refractivity contribution in [3.63, 3.8) is 0 Å². The van der Waals surface area contributed by atoms with E-state index >= 15 is 0 Å². The van der Waals surface area contributed by atoms with Gasteiger partial charge in [0.25, 0.3) is 0 Å². The second-order valence-corrected chi connectivity index (χ2v) is 7.35. The van der Waals surface area contributed by atoms with Crippen molar-refractivity contribution >= 4 is 5.91 Å². The van der Waals surface area contributed by atoms with Gasteiger partial charge in [0.05, 0.1) is 0 Å². The van der Waals surface area contributed by atoms with Crippen molar-refractivity contribution in [1.29, 1.82) is 0 Å². The summed E-state index contributed by atoms with van der Waals surface area (Å²) in [6, 6.07) is 0.597. The minimum absolute atomic E-state index is 0.353. The molecule has 0 aromatic carbocycles. The largest absolute Gasteiger partial charge is 0.340 e. The Hall–Kier alpha value is -0.610. The van der Waals surface area contributed by atoms with Gasteiger partial charge in [0, 0.05) is 51.7 Å². The van der Waals surface area contributed by atoms with Crippen LogP contribution < -0.4 is 0 Å². The van der Waals surface area contributed by atoms with Gasteiger partial charge < -0.3 is 9.80 Å². The lowest BCUT2D eigenvalue weighted by molar-refractivity contribution is -0.133. The zero-order valence-electron chi connectivity index (χ0n) is 14.3. The van der Waals surface area contributed by atoms with E-state index in [0.29, 0.717) is 18.4 Å². The van der Waals surface area contributed by atoms with E-state index in [9.17, 15) is 4.79 Å². The van der Waals surface area contributed by atoms with Crippen LogP contribution in [0.1, 0.15) is 40.5 Å². The van der Waals surface area contributed by atoms with Gasteiger partial charge in [-0.25, -0.2) is 0 Å². The molecule has 2 heterocycles. The van der Waals surface area contributed by atoms with Crippen LogP contribution in [0.4, 0.5) is 0 Å². The van der Waals surface area contributed by atoms with Crippen LogP contribution in [0.5, 0.6) is 0 Å². The molecule has 0 radical (unpaired) electrons. The molecule has 122 valence electrons. The minimum Gasteiger partial charge on any atom is -0.340 e. The van der Waals surface area contributed by atoms with Crippen LogP contribution in [0.3, 0.4) is 0 Å². The Labute approximate surface area is 130 Å². The third kappa shape index (κ3) is 4.68. The predicted octanol–water partition coefficient (Wildman–Crippen LogP) is 1.91. The Balaban J connectivity index is 1.67. The fourth-order valence-corrected chi connectivity index (χ4v) is 3.51. The molecule has 0 aromatic rings. The molecule has 0 N–H and O–H groups in total. The summed E-state index contributed by atoms with van der Waals surface area (Å²) in [7, 11) is 0. The normalized spacial score (nSPS) is 25.2. The highest BCUT2D eigenvalue weighted by Gasteiger charge is 2.26. The lowest BCUT2D eigenvalue weighted by atomic mass is 9.95. The number of piperazine rings is 1. The Kier molecular flexibility index (Phi) is 6.06. The molecule has 1 amide bonds. The zero-order chi connectivity index (χ0) is 15.4. The maximum atomic E-state index is 12.3.